The van der Waals surface area contributed by atoms with Crippen molar-refractivity contribution in [3.8, 4) is 11.8 Å². The van der Waals surface area contributed by atoms with E-state index in [-0.39, 0.29) is 11.9 Å². The van der Waals surface area contributed by atoms with Crippen LogP contribution < -0.4 is 15.4 Å². The van der Waals surface area contributed by atoms with Gasteiger partial charge in [-0.1, -0.05) is 6.42 Å². The average molecular weight is 259 g/mol. The fourth-order valence-electron chi connectivity index (χ4n) is 2.16. The van der Waals surface area contributed by atoms with E-state index in [1.165, 1.54) is 7.11 Å². The fourth-order valence-corrected chi connectivity index (χ4v) is 2.16. The molecule has 100 valence electrons. The molecule has 1 amide bonds. The standard InChI is InChI=1S/C14H17N3O2/c1-19-13-8-10(9-15)5-6-11(13)17-14(18)12-4-2-3-7-16-12/h5-6,8,12,16H,2-4,7H2,1H3,(H,17,18)/t12-/m1/s1. The molecule has 1 aliphatic heterocycles. The van der Waals surface area contributed by atoms with E-state index in [4.69, 9.17) is 10.00 Å². The molecule has 1 fully saturated rings. The minimum Gasteiger partial charge on any atom is -0.495 e. The van der Waals surface area contributed by atoms with Crippen LogP contribution in [0, 0.1) is 11.3 Å². The molecule has 2 N–H and O–H groups in total. The minimum atomic E-state index is -0.144. The summed E-state index contributed by atoms with van der Waals surface area (Å²) in [6.45, 7) is 0.878. The predicted octanol–water partition coefficient (Wildman–Crippen LogP) is 1.65. The van der Waals surface area contributed by atoms with E-state index in [1.807, 2.05) is 6.07 Å². The molecule has 0 saturated carbocycles. The predicted molar refractivity (Wildman–Crippen MR) is 72.0 cm³/mol. The van der Waals surface area contributed by atoms with Crippen LogP contribution in [0.1, 0.15) is 24.8 Å². The number of hydrogen-bond acceptors (Lipinski definition) is 4. The molecule has 1 aromatic carbocycles. The molecule has 0 unspecified atom stereocenters. The Morgan fingerprint density at radius 1 is 1.53 bits per heavy atom. The van der Waals surface area contributed by atoms with Crippen LogP contribution >= 0.6 is 0 Å². The van der Waals surface area contributed by atoms with Crippen LogP contribution in [0.2, 0.25) is 0 Å². The SMILES string of the molecule is COc1cc(C#N)ccc1NC(=O)[C@H]1CCCCN1. The van der Waals surface area contributed by atoms with Gasteiger partial charge in [0, 0.05) is 6.07 Å². The Morgan fingerprint density at radius 3 is 3.00 bits per heavy atom. The summed E-state index contributed by atoms with van der Waals surface area (Å²) in [5.74, 6) is 0.450. The molecule has 0 spiro atoms. The zero-order chi connectivity index (χ0) is 13.7. The molecule has 5 heteroatoms. The maximum absolute atomic E-state index is 12.1. The van der Waals surface area contributed by atoms with E-state index in [2.05, 4.69) is 10.6 Å². The van der Waals surface area contributed by atoms with E-state index in [0.717, 1.165) is 25.8 Å². The molecule has 2 rings (SSSR count). The Hall–Kier alpha value is -2.06. The largest absolute Gasteiger partial charge is 0.495 e. The Labute approximate surface area is 112 Å². The Bertz CT molecular complexity index is 502. The topological polar surface area (TPSA) is 74.1 Å². The van der Waals surface area contributed by atoms with Crippen molar-refractivity contribution in [1.29, 1.82) is 5.26 Å². The van der Waals surface area contributed by atoms with Crippen LogP contribution in [0.4, 0.5) is 5.69 Å². The highest BCUT2D eigenvalue weighted by molar-refractivity contribution is 5.96. The lowest BCUT2D eigenvalue weighted by molar-refractivity contribution is -0.118. The quantitative estimate of drug-likeness (QED) is 0.865. The first-order chi connectivity index (χ1) is 9.24. The molecule has 0 bridgehead atoms. The van der Waals surface area contributed by atoms with Crippen LogP contribution in [0.25, 0.3) is 0 Å². The number of amides is 1. The number of ether oxygens (including phenoxy) is 1. The summed E-state index contributed by atoms with van der Waals surface area (Å²) in [6, 6.07) is 6.86. The summed E-state index contributed by atoms with van der Waals surface area (Å²) in [6.07, 6.45) is 3.03. The van der Waals surface area contributed by atoms with E-state index >= 15 is 0 Å². The number of carbonyl (C=O) groups excluding carboxylic acids is 1. The van der Waals surface area contributed by atoms with Crippen molar-refractivity contribution >= 4 is 11.6 Å². The van der Waals surface area contributed by atoms with Crippen molar-refractivity contribution < 1.29 is 9.53 Å². The second-order valence-electron chi connectivity index (χ2n) is 4.52. The van der Waals surface area contributed by atoms with Gasteiger partial charge in [0.05, 0.1) is 30.5 Å². The first-order valence-corrected chi connectivity index (χ1v) is 6.37. The number of anilines is 1. The van der Waals surface area contributed by atoms with Gasteiger partial charge in [-0.25, -0.2) is 0 Å². The lowest BCUT2D eigenvalue weighted by Crippen LogP contribution is -2.43. The number of rotatable bonds is 3. The molecule has 1 heterocycles. The summed E-state index contributed by atoms with van der Waals surface area (Å²) in [7, 11) is 1.52. The summed E-state index contributed by atoms with van der Waals surface area (Å²) in [5, 5.41) is 14.9. The molecule has 19 heavy (non-hydrogen) atoms. The molecule has 1 atom stereocenters. The number of piperidine rings is 1. The van der Waals surface area contributed by atoms with Gasteiger partial charge in [-0.3, -0.25) is 4.79 Å². The highest BCUT2D eigenvalue weighted by atomic mass is 16.5. The molecule has 5 nitrogen and oxygen atoms in total. The Morgan fingerprint density at radius 2 is 2.37 bits per heavy atom. The molecular weight excluding hydrogens is 242 g/mol. The van der Waals surface area contributed by atoms with Crippen molar-refractivity contribution in [2.24, 2.45) is 0 Å². The third-order valence-corrected chi connectivity index (χ3v) is 3.22. The third kappa shape index (κ3) is 3.24. The summed E-state index contributed by atoms with van der Waals surface area (Å²) in [5.41, 5.74) is 1.10. The van der Waals surface area contributed by atoms with Crippen LogP contribution in [0.15, 0.2) is 18.2 Å². The highest BCUT2D eigenvalue weighted by Crippen LogP contribution is 2.25. The number of methoxy groups -OCH3 is 1. The first kappa shape index (κ1) is 13.4. The number of carbonyl (C=O) groups is 1. The van der Waals surface area contributed by atoms with E-state index < -0.39 is 0 Å². The maximum atomic E-state index is 12.1. The minimum absolute atomic E-state index is 0.0530. The van der Waals surface area contributed by atoms with Gasteiger partial charge in [0.1, 0.15) is 5.75 Å². The van der Waals surface area contributed by atoms with Gasteiger partial charge in [0.25, 0.3) is 0 Å². The highest BCUT2D eigenvalue weighted by Gasteiger charge is 2.21. The van der Waals surface area contributed by atoms with Crippen LogP contribution in [-0.4, -0.2) is 25.6 Å². The van der Waals surface area contributed by atoms with Crippen molar-refractivity contribution in [3.63, 3.8) is 0 Å². The molecule has 0 aromatic heterocycles. The zero-order valence-corrected chi connectivity index (χ0v) is 10.9. The normalized spacial score (nSPS) is 18.4. The number of nitrogens with zero attached hydrogens (tertiary/aromatic N) is 1. The summed E-state index contributed by atoms with van der Waals surface area (Å²) >= 11 is 0. The fraction of sp³-hybridized carbons (Fsp3) is 0.429. The Kier molecular flexibility index (Phi) is 4.37. The Balaban J connectivity index is 2.09. The number of nitrogens with one attached hydrogen (secondary N) is 2. The lowest BCUT2D eigenvalue weighted by Gasteiger charge is -2.23. The molecular formula is C14H17N3O2. The van der Waals surface area contributed by atoms with Gasteiger partial charge in [0.15, 0.2) is 0 Å². The molecule has 1 saturated heterocycles. The number of hydrogen-bond donors (Lipinski definition) is 2. The summed E-state index contributed by atoms with van der Waals surface area (Å²) < 4.78 is 5.19. The average Bonchev–Trinajstić information content (AvgIpc) is 2.48. The third-order valence-electron chi connectivity index (χ3n) is 3.22. The first-order valence-electron chi connectivity index (χ1n) is 6.37. The van der Waals surface area contributed by atoms with Gasteiger partial charge < -0.3 is 15.4 Å². The monoisotopic (exact) mass is 259 g/mol. The van der Waals surface area contributed by atoms with Crippen LogP contribution in [0.5, 0.6) is 5.75 Å². The molecule has 0 radical (unpaired) electrons. The lowest BCUT2D eigenvalue weighted by atomic mass is 10.0. The molecule has 1 aliphatic rings. The maximum Gasteiger partial charge on any atom is 0.241 e. The zero-order valence-electron chi connectivity index (χ0n) is 10.9. The molecule has 0 aliphatic carbocycles. The van der Waals surface area contributed by atoms with Gasteiger partial charge >= 0.3 is 0 Å². The van der Waals surface area contributed by atoms with Gasteiger partial charge in [0.2, 0.25) is 5.91 Å². The van der Waals surface area contributed by atoms with Gasteiger partial charge in [-0.15, -0.1) is 0 Å². The van der Waals surface area contributed by atoms with Crippen molar-refractivity contribution in [1.82, 2.24) is 5.32 Å². The van der Waals surface area contributed by atoms with Crippen molar-refractivity contribution in [3.05, 3.63) is 23.8 Å². The van der Waals surface area contributed by atoms with E-state index in [0.29, 0.717) is 17.0 Å². The number of benzene rings is 1. The molecule has 1 aromatic rings. The summed E-state index contributed by atoms with van der Waals surface area (Å²) in [4.78, 5) is 12.1. The van der Waals surface area contributed by atoms with Crippen molar-refractivity contribution in [2.75, 3.05) is 19.0 Å². The van der Waals surface area contributed by atoms with Crippen molar-refractivity contribution in [2.45, 2.75) is 25.3 Å². The van der Waals surface area contributed by atoms with Crippen LogP contribution in [-0.2, 0) is 4.79 Å². The second kappa shape index (κ2) is 6.21. The van der Waals surface area contributed by atoms with Gasteiger partial charge in [-0.2, -0.15) is 5.26 Å². The van der Waals surface area contributed by atoms with E-state index in [1.54, 1.807) is 18.2 Å². The second-order valence-corrected chi connectivity index (χ2v) is 4.52. The number of nitriles is 1. The van der Waals surface area contributed by atoms with Gasteiger partial charge in [-0.05, 0) is 31.5 Å². The smallest absolute Gasteiger partial charge is 0.241 e. The van der Waals surface area contributed by atoms with Crippen LogP contribution in [0.3, 0.4) is 0 Å². The van der Waals surface area contributed by atoms with E-state index in [9.17, 15) is 4.79 Å².